The van der Waals surface area contributed by atoms with Crippen molar-refractivity contribution in [2.24, 2.45) is 0 Å². The number of aryl methyl sites for hydroxylation is 2. The van der Waals surface area contributed by atoms with Crippen LogP contribution in [0.3, 0.4) is 0 Å². The molecule has 13 heavy (non-hydrogen) atoms. The van der Waals surface area contributed by atoms with Crippen molar-refractivity contribution in [1.82, 2.24) is 9.55 Å². The highest BCUT2D eigenvalue weighted by Gasteiger charge is 2.03. The number of aromatic nitrogens is 2. The Balaban J connectivity index is 2.54. The van der Waals surface area contributed by atoms with Crippen molar-refractivity contribution in [3.05, 3.63) is 18.2 Å². The number of imidazole rings is 1. The summed E-state index contributed by atoms with van der Waals surface area (Å²) in [6.45, 7) is 2.60. The van der Waals surface area contributed by atoms with E-state index in [4.69, 9.17) is 5.11 Å². The molecule has 0 bridgehead atoms. The van der Waals surface area contributed by atoms with Crippen molar-refractivity contribution in [3.8, 4) is 0 Å². The molecule has 1 N–H and O–H groups in total. The standard InChI is InChI=1S/C9H14N2O2/c1-2-3-8-10-5-7-11(8)6-4-9(12)13/h5,7H,2-4,6H2,1H3,(H,12,13). The van der Waals surface area contributed by atoms with Crippen LogP contribution in [0.25, 0.3) is 0 Å². The number of nitrogens with zero attached hydrogens (tertiary/aromatic N) is 2. The molecule has 0 amide bonds. The second-order valence-electron chi connectivity index (χ2n) is 2.93. The summed E-state index contributed by atoms with van der Waals surface area (Å²) in [5.74, 6) is 0.208. The minimum atomic E-state index is -0.767. The average molecular weight is 182 g/mol. The van der Waals surface area contributed by atoms with Gasteiger partial charge in [-0.2, -0.15) is 0 Å². The zero-order valence-corrected chi connectivity index (χ0v) is 7.73. The maximum atomic E-state index is 10.3. The second kappa shape index (κ2) is 4.64. The molecule has 0 unspecified atom stereocenters. The molecule has 0 saturated carbocycles. The average Bonchev–Trinajstić information content (AvgIpc) is 2.49. The monoisotopic (exact) mass is 182 g/mol. The summed E-state index contributed by atoms with van der Waals surface area (Å²) in [7, 11) is 0. The van der Waals surface area contributed by atoms with Gasteiger partial charge >= 0.3 is 5.97 Å². The molecule has 0 aliphatic rings. The number of carbonyl (C=O) groups is 1. The molecule has 0 aliphatic carbocycles. The van der Waals surface area contributed by atoms with E-state index in [1.54, 1.807) is 6.20 Å². The van der Waals surface area contributed by atoms with Gasteiger partial charge in [-0.1, -0.05) is 6.92 Å². The van der Waals surface area contributed by atoms with E-state index >= 15 is 0 Å². The smallest absolute Gasteiger partial charge is 0.305 e. The molecule has 0 radical (unpaired) electrons. The lowest BCUT2D eigenvalue weighted by atomic mass is 10.3. The third-order valence-corrected chi connectivity index (χ3v) is 1.84. The zero-order chi connectivity index (χ0) is 9.68. The van der Waals surface area contributed by atoms with Crippen LogP contribution in [-0.4, -0.2) is 20.6 Å². The van der Waals surface area contributed by atoms with E-state index in [0.29, 0.717) is 6.54 Å². The van der Waals surface area contributed by atoms with Crippen LogP contribution >= 0.6 is 0 Å². The first kappa shape index (κ1) is 9.77. The van der Waals surface area contributed by atoms with Gasteiger partial charge < -0.3 is 9.67 Å². The number of rotatable bonds is 5. The normalized spacial score (nSPS) is 10.2. The molecule has 4 nitrogen and oxygen atoms in total. The number of hydrogen-bond acceptors (Lipinski definition) is 2. The lowest BCUT2D eigenvalue weighted by Gasteiger charge is -2.04. The quantitative estimate of drug-likeness (QED) is 0.747. The van der Waals surface area contributed by atoms with Gasteiger partial charge in [-0.25, -0.2) is 4.98 Å². The first-order valence-corrected chi connectivity index (χ1v) is 4.46. The Morgan fingerprint density at radius 1 is 1.69 bits per heavy atom. The molecule has 1 aromatic heterocycles. The summed E-state index contributed by atoms with van der Waals surface area (Å²) < 4.78 is 1.90. The van der Waals surface area contributed by atoms with Gasteiger partial charge in [0.05, 0.1) is 6.42 Å². The summed E-state index contributed by atoms with van der Waals surface area (Å²) in [5, 5.41) is 8.50. The Kier molecular flexibility index (Phi) is 3.49. The predicted octanol–water partition coefficient (Wildman–Crippen LogP) is 1.31. The zero-order valence-electron chi connectivity index (χ0n) is 7.73. The molecule has 72 valence electrons. The lowest BCUT2D eigenvalue weighted by Crippen LogP contribution is -2.07. The first-order valence-electron chi connectivity index (χ1n) is 4.46. The largest absolute Gasteiger partial charge is 0.481 e. The molecule has 1 aromatic rings. The molecule has 0 aromatic carbocycles. The number of hydrogen-bond donors (Lipinski definition) is 1. The van der Waals surface area contributed by atoms with Gasteiger partial charge in [0.25, 0.3) is 0 Å². The molecule has 1 heterocycles. The summed E-state index contributed by atoms with van der Waals surface area (Å²) in [4.78, 5) is 14.5. The summed E-state index contributed by atoms with van der Waals surface area (Å²) in [6.07, 6.45) is 5.64. The van der Waals surface area contributed by atoms with Crippen LogP contribution < -0.4 is 0 Å². The molecular formula is C9H14N2O2. The predicted molar refractivity (Wildman–Crippen MR) is 48.5 cm³/mol. The molecule has 0 spiro atoms. The van der Waals surface area contributed by atoms with Crippen molar-refractivity contribution in [2.75, 3.05) is 0 Å². The molecule has 1 rings (SSSR count). The van der Waals surface area contributed by atoms with Gasteiger partial charge in [0, 0.05) is 25.4 Å². The van der Waals surface area contributed by atoms with E-state index in [2.05, 4.69) is 11.9 Å². The Hall–Kier alpha value is -1.32. The Morgan fingerprint density at radius 2 is 2.46 bits per heavy atom. The second-order valence-corrected chi connectivity index (χ2v) is 2.93. The maximum absolute atomic E-state index is 10.3. The fourth-order valence-corrected chi connectivity index (χ4v) is 1.21. The molecule has 0 fully saturated rings. The molecular weight excluding hydrogens is 168 g/mol. The Labute approximate surface area is 77.2 Å². The van der Waals surface area contributed by atoms with Crippen LogP contribution in [0, 0.1) is 0 Å². The highest BCUT2D eigenvalue weighted by atomic mass is 16.4. The van der Waals surface area contributed by atoms with Crippen molar-refractivity contribution in [3.63, 3.8) is 0 Å². The number of carboxylic acid groups (broad SMARTS) is 1. The third-order valence-electron chi connectivity index (χ3n) is 1.84. The van der Waals surface area contributed by atoms with Gasteiger partial charge in [0.2, 0.25) is 0 Å². The van der Waals surface area contributed by atoms with E-state index in [-0.39, 0.29) is 6.42 Å². The first-order chi connectivity index (χ1) is 6.24. The molecule has 4 heteroatoms. The van der Waals surface area contributed by atoms with Crippen LogP contribution in [-0.2, 0) is 17.8 Å². The summed E-state index contributed by atoms with van der Waals surface area (Å²) in [6, 6.07) is 0. The van der Waals surface area contributed by atoms with Gasteiger partial charge in [0.15, 0.2) is 0 Å². The SMILES string of the molecule is CCCc1nccn1CCC(=O)O. The Morgan fingerprint density at radius 3 is 3.08 bits per heavy atom. The van der Waals surface area contributed by atoms with Crippen molar-refractivity contribution < 1.29 is 9.90 Å². The number of aliphatic carboxylic acids is 1. The van der Waals surface area contributed by atoms with Crippen LogP contribution in [0.2, 0.25) is 0 Å². The van der Waals surface area contributed by atoms with Crippen LogP contribution in [0.15, 0.2) is 12.4 Å². The summed E-state index contributed by atoms with van der Waals surface area (Å²) >= 11 is 0. The topological polar surface area (TPSA) is 55.1 Å². The molecule has 0 aliphatic heterocycles. The van der Waals surface area contributed by atoms with Crippen molar-refractivity contribution in [2.45, 2.75) is 32.7 Å². The lowest BCUT2D eigenvalue weighted by molar-refractivity contribution is -0.137. The van der Waals surface area contributed by atoms with Crippen LogP contribution in [0.4, 0.5) is 0 Å². The maximum Gasteiger partial charge on any atom is 0.305 e. The van der Waals surface area contributed by atoms with Gasteiger partial charge in [-0.05, 0) is 6.42 Å². The van der Waals surface area contributed by atoms with E-state index in [9.17, 15) is 4.79 Å². The van der Waals surface area contributed by atoms with Gasteiger partial charge in [0.1, 0.15) is 5.82 Å². The fourth-order valence-electron chi connectivity index (χ4n) is 1.21. The molecule has 0 saturated heterocycles. The van der Waals surface area contributed by atoms with E-state index in [1.807, 2.05) is 10.8 Å². The van der Waals surface area contributed by atoms with Crippen molar-refractivity contribution in [1.29, 1.82) is 0 Å². The summed E-state index contributed by atoms with van der Waals surface area (Å²) in [5.41, 5.74) is 0. The van der Waals surface area contributed by atoms with E-state index < -0.39 is 5.97 Å². The number of carboxylic acids is 1. The van der Waals surface area contributed by atoms with E-state index in [0.717, 1.165) is 18.7 Å². The fraction of sp³-hybridized carbons (Fsp3) is 0.556. The van der Waals surface area contributed by atoms with E-state index in [1.165, 1.54) is 0 Å². The van der Waals surface area contributed by atoms with Gasteiger partial charge in [-0.3, -0.25) is 4.79 Å². The third kappa shape index (κ3) is 2.89. The van der Waals surface area contributed by atoms with Crippen molar-refractivity contribution >= 4 is 5.97 Å². The minimum Gasteiger partial charge on any atom is -0.481 e. The minimum absolute atomic E-state index is 0.160. The van der Waals surface area contributed by atoms with Gasteiger partial charge in [-0.15, -0.1) is 0 Å². The van der Waals surface area contributed by atoms with Crippen LogP contribution in [0.5, 0.6) is 0 Å². The highest BCUT2D eigenvalue weighted by molar-refractivity contribution is 5.66. The Bertz CT molecular complexity index is 281. The van der Waals surface area contributed by atoms with Crippen LogP contribution in [0.1, 0.15) is 25.6 Å². The molecule has 0 atom stereocenters. The highest BCUT2D eigenvalue weighted by Crippen LogP contribution is 2.02.